The summed E-state index contributed by atoms with van der Waals surface area (Å²) in [4.78, 5) is 29.7. The van der Waals surface area contributed by atoms with Crippen LogP contribution in [0.4, 0.5) is 10.6 Å². The molecule has 3 aliphatic rings. The highest BCUT2D eigenvalue weighted by Gasteiger charge is 2.43. The normalized spacial score (nSPS) is 26.2. The molecule has 1 aromatic heterocycles. The van der Waals surface area contributed by atoms with Crippen LogP contribution in [0.3, 0.4) is 0 Å². The lowest BCUT2D eigenvalue weighted by Crippen LogP contribution is -2.50. The summed E-state index contributed by atoms with van der Waals surface area (Å²) in [6, 6.07) is 10.2. The molecular formula is C22H27N5O3. The van der Waals surface area contributed by atoms with Crippen molar-refractivity contribution in [3.8, 4) is 0 Å². The minimum Gasteiger partial charge on any atom is -0.340 e. The predicted octanol–water partition coefficient (Wildman–Crippen LogP) is 3.26. The highest BCUT2D eigenvalue weighted by atomic mass is 16.7. The Balaban J connectivity index is 1.48. The fourth-order valence-electron chi connectivity index (χ4n) is 4.22. The smallest absolute Gasteiger partial charge is 0.331 e. The fraction of sp³-hybridized carbons (Fsp3) is 0.500. The van der Waals surface area contributed by atoms with Crippen molar-refractivity contribution in [1.29, 1.82) is 0 Å². The third kappa shape index (κ3) is 3.20. The van der Waals surface area contributed by atoms with E-state index in [0.717, 1.165) is 18.5 Å². The number of fused-ring (bicyclic) bond motifs is 3. The van der Waals surface area contributed by atoms with Gasteiger partial charge in [0.05, 0.1) is 24.8 Å². The molecule has 0 spiro atoms. The molecule has 0 saturated carbocycles. The number of benzene rings is 1. The Morgan fingerprint density at radius 3 is 2.60 bits per heavy atom. The van der Waals surface area contributed by atoms with Crippen LogP contribution < -0.4 is 4.90 Å². The van der Waals surface area contributed by atoms with Crippen LogP contribution in [0.1, 0.15) is 50.6 Å². The van der Waals surface area contributed by atoms with Gasteiger partial charge in [0, 0.05) is 6.54 Å². The Labute approximate surface area is 175 Å². The molecule has 1 N–H and O–H groups in total. The number of imidazole rings is 1. The van der Waals surface area contributed by atoms with Gasteiger partial charge in [0.2, 0.25) is 6.29 Å². The molecule has 8 heteroatoms. The van der Waals surface area contributed by atoms with Crippen LogP contribution in [0.2, 0.25) is 0 Å². The molecule has 2 amide bonds. The van der Waals surface area contributed by atoms with Gasteiger partial charge in [-0.25, -0.2) is 9.78 Å². The maximum absolute atomic E-state index is 13.2. The van der Waals surface area contributed by atoms with Crippen molar-refractivity contribution >= 4 is 17.7 Å². The summed E-state index contributed by atoms with van der Waals surface area (Å²) in [5.74, 6) is 1.87. The van der Waals surface area contributed by atoms with E-state index in [2.05, 4.69) is 24.0 Å². The number of anilines is 1. The highest BCUT2D eigenvalue weighted by Crippen LogP contribution is 2.36. The Hall–Kier alpha value is -2.71. The van der Waals surface area contributed by atoms with Crippen molar-refractivity contribution in [2.24, 2.45) is 4.99 Å². The van der Waals surface area contributed by atoms with E-state index in [1.165, 1.54) is 5.56 Å². The summed E-state index contributed by atoms with van der Waals surface area (Å²) in [7, 11) is 0. The molecule has 3 atom stereocenters. The first-order chi connectivity index (χ1) is 14.5. The van der Waals surface area contributed by atoms with E-state index in [-0.39, 0.29) is 24.3 Å². The van der Waals surface area contributed by atoms with Crippen molar-refractivity contribution in [2.75, 3.05) is 18.0 Å². The van der Waals surface area contributed by atoms with Crippen molar-refractivity contribution in [1.82, 2.24) is 14.9 Å². The van der Waals surface area contributed by atoms with Crippen molar-refractivity contribution in [3.63, 3.8) is 0 Å². The van der Waals surface area contributed by atoms with Crippen molar-refractivity contribution in [2.45, 2.75) is 58.2 Å². The third-order valence-corrected chi connectivity index (χ3v) is 5.92. The monoisotopic (exact) mass is 409 g/mol. The Morgan fingerprint density at radius 2 is 1.90 bits per heavy atom. The second kappa shape index (κ2) is 7.52. The van der Waals surface area contributed by atoms with Crippen LogP contribution >= 0.6 is 0 Å². The lowest BCUT2D eigenvalue weighted by Gasteiger charge is -2.32. The number of urea groups is 1. The summed E-state index contributed by atoms with van der Waals surface area (Å²) >= 11 is 0. The zero-order chi connectivity index (χ0) is 20.8. The molecule has 30 heavy (non-hydrogen) atoms. The second-order valence-electron chi connectivity index (χ2n) is 8.18. The number of aromatic amines is 1. The first kappa shape index (κ1) is 19.3. The summed E-state index contributed by atoms with van der Waals surface area (Å²) in [5.41, 5.74) is 1.99. The molecule has 0 radical (unpaired) electrons. The summed E-state index contributed by atoms with van der Waals surface area (Å²) < 4.78 is 11.8. The van der Waals surface area contributed by atoms with Gasteiger partial charge in [-0.1, -0.05) is 37.3 Å². The summed E-state index contributed by atoms with van der Waals surface area (Å²) in [5, 5.41) is 0. The van der Waals surface area contributed by atoms with E-state index >= 15 is 0 Å². The topological polar surface area (TPSA) is 83.1 Å². The van der Waals surface area contributed by atoms with E-state index in [4.69, 9.17) is 19.5 Å². The summed E-state index contributed by atoms with van der Waals surface area (Å²) in [6.07, 6.45) is 1.05. The van der Waals surface area contributed by atoms with Gasteiger partial charge < -0.3 is 14.5 Å². The Bertz CT molecular complexity index is 962. The molecule has 8 nitrogen and oxygen atoms in total. The maximum atomic E-state index is 13.2. The van der Waals surface area contributed by atoms with E-state index < -0.39 is 6.29 Å². The number of H-pyrrole nitrogens is 1. The van der Waals surface area contributed by atoms with E-state index in [0.29, 0.717) is 30.6 Å². The minimum absolute atomic E-state index is 0.0129. The molecule has 1 fully saturated rings. The number of ether oxygens (including phenoxy) is 2. The lowest BCUT2D eigenvalue weighted by molar-refractivity contribution is -0.0708. The minimum atomic E-state index is -0.560. The van der Waals surface area contributed by atoms with E-state index in [1.54, 1.807) is 9.80 Å². The molecular weight excluding hydrogens is 382 g/mol. The second-order valence-corrected chi connectivity index (χ2v) is 8.18. The largest absolute Gasteiger partial charge is 0.340 e. The lowest BCUT2D eigenvalue weighted by atomic mass is 10.1. The molecule has 5 rings (SSSR count). The first-order valence-electron chi connectivity index (χ1n) is 10.7. The van der Waals surface area contributed by atoms with E-state index in [1.807, 2.05) is 32.0 Å². The SMILES string of the molecule is CCCN1C(=O)N2C[C@@H](Cc3ccccc3)N=C2c2[nH]c(C3O[C@H](C)[C@@H](C)O3)nc21. The molecule has 1 saturated heterocycles. The Morgan fingerprint density at radius 1 is 1.17 bits per heavy atom. The quantitative estimate of drug-likeness (QED) is 0.822. The van der Waals surface area contributed by atoms with Gasteiger partial charge in [-0.2, -0.15) is 0 Å². The van der Waals surface area contributed by atoms with Crippen LogP contribution in [0.5, 0.6) is 0 Å². The van der Waals surface area contributed by atoms with Gasteiger partial charge >= 0.3 is 6.03 Å². The number of nitrogens with one attached hydrogen (secondary N) is 1. The molecule has 4 heterocycles. The van der Waals surface area contributed by atoms with Gasteiger partial charge in [0.1, 0.15) is 5.69 Å². The number of hydrogen-bond acceptors (Lipinski definition) is 5. The molecule has 3 aliphatic heterocycles. The molecule has 2 aromatic rings. The number of carbonyl (C=O) groups is 1. The molecule has 158 valence electrons. The number of carbonyl (C=O) groups excluding carboxylic acids is 1. The zero-order valence-electron chi connectivity index (χ0n) is 17.5. The van der Waals surface area contributed by atoms with Gasteiger partial charge in [0.25, 0.3) is 0 Å². The van der Waals surface area contributed by atoms with Crippen LogP contribution in [-0.4, -0.2) is 58.1 Å². The maximum Gasteiger partial charge on any atom is 0.331 e. The van der Waals surface area contributed by atoms with Crippen LogP contribution in [0.15, 0.2) is 35.3 Å². The van der Waals surface area contributed by atoms with Crippen molar-refractivity contribution < 1.29 is 14.3 Å². The number of amidine groups is 1. The molecule has 1 aromatic carbocycles. The number of hydrogen-bond donors (Lipinski definition) is 1. The Kier molecular flexibility index (Phi) is 4.83. The van der Waals surface area contributed by atoms with Crippen molar-refractivity contribution in [3.05, 3.63) is 47.4 Å². The van der Waals surface area contributed by atoms with Gasteiger partial charge in [0.15, 0.2) is 17.5 Å². The van der Waals surface area contributed by atoms with Gasteiger partial charge in [-0.15, -0.1) is 0 Å². The molecule has 0 aliphatic carbocycles. The number of aliphatic imine (C=N–C) groups is 1. The fourth-order valence-corrected chi connectivity index (χ4v) is 4.22. The first-order valence-corrected chi connectivity index (χ1v) is 10.7. The highest BCUT2D eigenvalue weighted by molar-refractivity contribution is 6.18. The average molecular weight is 409 g/mol. The van der Waals surface area contributed by atoms with Crippen LogP contribution in [0, 0.1) is 0 Å². The predicted molar refractivity (Wildman–Crippen MR) is 113 cm³/mol. The van der Waals surface area contributed by atoms with E-state index in [9.17, 15) is 4.79 Å². The zero-order valence-corrected chi connectivity index (χ0v) is 17.5. The third-order valence-electron chi connectivity index (χ3n) is 5.92. The van der Waals surface area contributed by atoms with Crippen LogP contribution in [0.25, 0.3) is 0 Å². The molecule has 0 unspecified atom stereocenters. The standard InChI is InChI=1S/C22H27N5O3/c1-4-10-26-20-17(24-18(25-20)21-29-13(2)14(3)30-21)19-23-16(12-27(19)22(26)28)11-15-8-6-5-7-9-15/h5-9,13-14,16,21H,4,10-12H2,1-3H3,(H,24,25)/t13-,14-,16-/m1/s1. The average Bonchev–Trinajstić information content (AvgIpc) is 3.43. The number of rotatable bonds is 5. The number of aromatic nitrogens is 2. The number of nitrogens with zero attached hydrogens (tertiary/aromatic N) is 4. The summed E-state index contributed by atoms with van der Waals surface area (Å²) in [6.45, 7) is 7.19. The molecule has 0 bridgehead atoms. The van der Waals surface area contributed by atoms with Gasteiger partial charge in [-0.05, 0) is 32.3 Å². The van der Waals surface area contributed by atoms with Gasteiger partial charge in [-0.3, -0.25) is 14.8 Å². The number of amides is 2. The van der Waals surface area contributed by atoms with Crippen LogP contribution in [-0.2, 0) is 15.9 Å².